The number of fused-ring (bicyclic) bond motifs is 4. The van der Waals surface area contributed by atoms with Crippen molar-refractivity contribution < 1.29 is 4.74 Å². The van der Waals surface area contributed by atoms with Gasteiger partial charge in [-0.25, -0.2) is 0 Å². The van der Waals surface area contributed by atoms with Gasteiger partial charge in [-0.05, 0) is 118 Å². The van der Waals surface area contributed by atoms with Crippen LogP contribution >= 0.6 is 0 Å². The minimum atomic E-state index is 0.820. The lowest BCUT2D eigenvalue weighted by Gasteiger charge is -2.33. The van der Waals surface area contributed by atoms with Gasteiger partial charge in [-0.3, -0.25) is 9.47 Å². The van der Waals surface area contributed by atoms with Crippen LogP contribution in [0.3, 0.4) is 0 Å². The number of nitrogens with zero attached hydrogens (tertiary/aromatic N) is 3. The summed E-state index contributed by atoms with van der Waals surface area (Å²) in [5, 5.41) is 1.06. The van der Waals surface area contributed by atoms with Gasteiger partial charge in [0.05, 0.1) is 11.2 Å². The van der Waals surface area contributed by atoms with E-state index in [0.29, 0.717) is 0 Å². The molecular formula is C56H39N3O. The van der Waals surface area contributed by atoms with Crippen LogP contribution in [0.1, 0.15) is 0 Å². The number of hydrogen-bond acceptors (Lipinski definition) is 3. The van der Waals surface area contributed by atoms with Crippen molar-refractivity contribution in [3.63, 3.8) is 0 Å². The van der Waals surface area contributed by atoms with E-state index in [0.717, 1.165) is 73.5 Å². The van der Waals surface area contributed by atoms with Crippen molar-refractivity contribution in [3.05, 3.63) is 237 Å². The first kappa shape index (κ1) is 35.1. The summed E-state index contributed by atoms with van der Waals surface area (Å²) in [6.45, 7) is 0. The maximum atomic E-state index is 6.78. The van der Waals surface area contributed by atoms with E-state index in [2.05, 4.69) is 245 Å². The molecule has 0 spiro atoms. The molecule has 0 aliphatic carbocycles. The first-order chi connectivity index (χ1) is 29.8. The molecule has 1 aliphatic rings. The summed E-state index contributed by atoms with van der Waals surface area (Å²) in [5.41, 5.74) is 14.4. The van der Waals surface area contributed by atoms with Gasteiger partial charge in [-0.2, -0.15) is 0 Å². The highest BCUT2D eigenvalue weighted by molar-refractivity contribution is 6.01. The van der Waals surface area contributed by atoms with Gasteiger partial charge in [-0.15, -0.1) is 0 Å². The van der Waals surface area contributed by atoms with Gasteiger partial charge in [0.25, 0.3) is 0 Å². The van der Waals surface area contributed by atoms with E-state index in [1.165, 1.54) is 22.3 Å². The number of rotatable bonds is 8. The highest BCUT2D eigenvalue weighted by Gasteiger charge is 2.33. The third-order valence-corrected chi connectivity index (χ3v) is 11.4. The predicted molar refractivity (Wildman–Crippen MR) is 249 cm³/mol. The van der Waals surface area contributed by atoms with Crippen molar-refractivity contribution in [2.75, 3.05) is 9.80 Å². The Morgan fingerprint density at radius 1 is 0.350 bits per heavy atom. The van der Waals surface area contributed by atoms with Crippen LogP contribution < -0.4 is 14.5 Å². The molecule has 1 aliphatic heterocycles. The second kappa shape index (κ2) is 15.0. The van der Waals surface area contributed by atoms with E-state index in [4.69, 9.17) is 4.74 Å². The molecule has 9 aromatic carbocycles. The first-order valence-electron chi connectivity index (χ1n) is 20.3. The zero-order valence-corrected chi connectivity index (χ0v) is 32.8. The van der Waals surface area contributed by atoms with Crippen LogP contribution in [0.15, 0.2) is 237 Å². The smallest absolute Gasteiger partial charge is 0.178 e. The van der Waals surface area contributed by atoms with Gasteiger partial charge in [0.1, 0.15) is 0 Å². The van der Waals surface area contributed by atoms with Crippen molar-refractivity contribution in [1.29, 1.82) is 0 Å². The normalized spacial score (nSPS) is 11.8. The van der Waals surface area contributed by atoms with E-state index in [9.17, 15) is 0 Å². The van der Waals surface area contributed by atoms with Crippen molar-refractivity contribution in [2.45, 2.75) is 0 Å². The van der Waals surface area contributed by atoms with Crippen LogP contribution in [0, 0.1) is 0 Å². The molecule has 0 saturated carbocycles. The molecule has 10 aromatic rings. The fraction of sp³-hybridized carbons (Fsp3) is 0. The summed E-state index contributed by atoms with van der Waals surface area (Å²) in [7, 11) is 0. The molecule has 0 atom stereocenters. The van der Waals surface area contributed by atoms with Gasteiger partial charge in [-0.1, -0.05) is 152 Å². The molecule has 0 unspecified atom stereocenters. The number of aromatic nitrogens is 1. The highest BCUT2D eigenvalue weighted by atomic mass is 16.5. The topological polar surface area (TPSA) is 20.6 Å². The van der Waals surface area contributed by atoms with Crippen molar-refractivity contribution in [1.82, 2.24) is 4.57 Å². The van der Waals surface area contributed by atoms with E-state index in [1.54, 1.807) is 0 Å². The summed E-state index contributed by atoms with van der Waals surface area (Å²) in [6.07, 6.45) is 0. The van der Waals surface area contributed by atoms with Gasteiger partial charge in [0, 0.05) is 33.8 Å². The molecule has 0 amide bonds. The molecule has 4 heteroatoms. The lowest BCUT2D eigenvalue weighted by atomic mass is 10.0. The molecule has 0 fully saturated rings. The number of para-hydroxylation sites is 4. The third kappa shape index (κ3) is 6.28. The molecule has 0 saturated heterocycles. The molecule has 4 nitrogen and oxygen atoms in total. The van der Waals surface area contributed by atoms with Gasteiger partial charge in [0.15, 0.2) is 17.3 Å². The summed E-state index contributed by atoms with van der Waals surface area (Å²) in [5.74, 6) is 2.63. The van der Waals surface area contributed by atoms with Crippen molar-refractivity contribution in [2.24, 2.45) is 0 Å². The van der Waals surface area contributed by atoms with Gasteiger partial charge in [0.2, 0.25) is 0 Å². The zero-order valence-electron chi connectivity index (χ0n) is 32.8. The fourth-order valence-corrected chi connectivity index (χ4v) is 8.51. The Kier molecular flexibility index (Phi) is 8.79. The Labute approximate surface area is 350 Å². The first-order valence-corrected chi connectivity index (χ1v) is 20.3. The lowest BCUT2D eigenvalue weighted by molar-refractivity contribution is 0.481. The van der Waals surface area contributed by atoms with E-state index >= 15 is 0 Å². The zero-order chi connectivity index (χ0) is 39.8. The van der Waals surface area contributed by atoms with Gasteiger partial charge < -0.3 is 9.64 Å². The molecule has 284 valence electrons. The SMILES string of the molecule is c1ccc(-c2ccc(N(c3ccc(-c4ccccc4)cc3)c3cccc(-c4cccc(N5c6ccccc6Oc6c5n(-c5ccccc5)c5ccccc65)c4)c3)cc2)cc1. The monoisotopic (exact) mass is 769 g/mol. The second-order valence-corrected chi connectivity index (χ2v) is 15.0. The average molecular weight is 770 g/mol. The highest BCUT2D eigenvalue weighted by Crippen LogP contribution is 2.55. The lowest BCUT2D eigenvalue weighted by Crippen LogP contribution is -2.18. The molecule has 0 radical (unpaired) electrons. The standard InChI is InChI=1S/C56H39N3O/c1-4-16-40(17-5-1)42-30-34-47(35-31-42)57(48-36-32-43(33-37-48)41-18-6-2-7-19-41)49-24-14-20-44(38-49)45-21-15-25-50(39-45)59-53-28-12-13-29-54(53)60-55-51-26-10-11-27-52(51)58(56(55)59)46-22-8-3-9-23-46/h1-39H. The Bertz CT molecular complexity index is 3020. The van der Waals surface area contributed by atoms with Crippen LogP contribution in [-0.4, -0.2) is 4.57 Å². The average Bonchev–Trinajstić information content (AvgIpc) is 3.66. The molecule has 0 N–H and O–H groups in total. The van der Waals surface area contributed by atoms with Crippen molar-refractivity contribution in [3.8, 4) is 50.6 Å². The Morgan fingerprint density at radius 2 is 0.850 bits per heavy atom. The third-order valence-electron chi connectivity index (χ3n) is 11.4. The molecule has 2 heterocycles. The Morgan fingerprint density at radius 3 is 1.52 bits per heavy atom. The fourth-order valence-electron chi connectivity index (χ4n) is 8.51. The van der Waals surface area contributed by atoms with Crippen LogP contribution in [0.4, 0.5) is 34.3 Å². The van der Waals surface area contributed by atoms with Crippen molar-refractivity contribution >= 4 is 45.2 Å². The predicted octanol–water partition coefficient (Wildman–Crippen LogP) is 15.7. The quantitative estimate of drug-likeness (QED) is 0.154. The molecule has 11 rings (SSSR count). The van der Waals surface area contributed by atoms with Crippen LogP contribution in [0.2, 0.25) is 0 Å². The Hall–Kier alpha value is -8.08. The summed E-state index contributed by atoms with van der Waals surface area (Å²) in [6, 6.07) is 83.9. The van der Waals surface area contributed by atoms with E-state index in [1.807, 2.05) is 6.07 Å². The summed E-state index contributed by atoms with van der Waals surface area (Å²) in [4.78, 5) is 4.70. The Balaban J connectivity index is 1.03. The van der Waals surface area contributed by atoms with E-state index in [-0.39, 0.29) is 0 Å². The minimum Gasteiger partial charge on any atom is -0.451 e. The molecule has 60 heavy (non-hydrogen) atoms. The number of anilines is 6. The van der Waals surface area contributed by atoms with E-state index < -0.39 is 0 Å². The van der Waals surface area contributed by atoms with Crippen LogP contribution in [-0.2, 0) is 0 Å². The number of benzene rings is 9. The minimum absolute atomic E-state index is 0.820. The molecule has 0 bridgehead atoms. The van der Waals surface area contributed by atoms with Crippen LogP contribution in [0.5, 0.6) is 11.5 Å². The van der Waals surface area contributed by atoms with Crippen LogP contribution in [0.25, 0.3) is 50.0 Å². The molecular weight excluding hydrogens is 731 g/mol. The summed E-state index contributed by atoms with van der Waals surface area (Å²) >= 11 is 0. The summed E-state index contributed by atoms with van der Waals surface area (Å²) < 4.78 is 9.10. The number of ether oxygens (including phenoxy) is 1. The molecule has 1 aromatic heterocycles. The maximum absolute atomic E-state index is 6.78. The maximum Gasteiger partial charge on any atom is 0.178 e. The number of hydrogen-bond donors (Lipinski definition) is 0. The largest absolute Gasteiger partial charge is 0.451 e. The second-order valence-electron chi connectivity index (χ2n) is 15.0. The van der Waals surface area contributed by atoms with Gasteiger partial charge >= 0.3 is 0 Å².